The van der Waals surface area contributed by atoms with Crippen molar-refractivity contribution in [1.82, 2.24) is 4.90 Å². The Morgan fingerprint density at radius 3 is 2.39 bits per heavy atom. The molecule has 158 valence electrons. The fraction of sp³-hybridized carbons (Fsp3) is 0.304. The van der Waals surface area contributed by atoms with Gasteiger partial charge in [-0.3, -0.25) is 14.8 Å². The zero-order valence-electron chi connectivity index (χ0n) is 16.8. The normalized spacial score (nSPS) is 17.8. The second kappa shape index (κ2) is 7.65. The molecule has 2 heterocycles. The van der Waals surface area contributed by atoms with Crippen molar-refractivity contribution in [2.75, 3.05) is 13.1 Å². The van der Waals surface area contributed by atoms with E-state index in [-0.39, 0.29) is 5.91 Å². The number of hydrogen-bond acceptors (Lipinski definition) is 4. The summed E-state index contributed by atoms with van der Waals surface area (Å²) in [6.07, 6.45) is -3.33. The molecule has 5 nitrogen and oxygen atoms in total. The molecule has 2 aliphatic rings. The Hall–Kier alpha value is -3.47. The molecule has 1 saturated heterocycles. The predicted octanol–water partition coefficient (Wildman–Crippen LogP) is 4.47. The van der Waals surface area contributed by atoms with E-state index in [0.29, 0.717) is 54.0 Å². The van der Waals surface area contributed by atoms with E-state index in [1.54, 1.807) is 36.1 Å². The van der Waals surface area contributed by atoms with Crippen molar-refractivity contribution in [2.24, 2.45) is 9.98 Å². The van der Waals surface area contributed by atoms with Crippen LogP contribution in [0.2, 0.25) is 0 Å². The van der Waals surface area contributed by atoms with Crippen LogP contribution in [0.25, 0.3) is 0 Å². The molecule has 0 aliphatic carbocycles. The largest absolute Gasteiger partial charge is 0.416 e. The second-order valence-corrected chi connectivity index (χ2v) is 7.70. The van der Waals surface area contributed by atoms with Crippen molar-refractivity contribution in [2.45, 2.75) is 31.6 Å². The van der Waals surface area contributed by atoms with Gasteiger partial charge in [0.05, 0.1) is 28.6 Å². The highest BCUT2D eigenvalue weighted by Gasteiger charge is 2.40. The minimum atomic E-state index is -4.38. The van der Waals surface area contributed by atoms with Gasteiger partial charge in [0.1, 0.15) is 0 Å². The Morgan fingerprint density at radius 1 is 1.10 bits per heavy atom. The first-order valence-electron chi connectivity index (χ1n) is 9.85. The van der Waals surface area contributed by atoms with E-state index < -0.39 is 17.4 Å². The van der Waals surface area contributed by atoms with E-state index in [1.165, 1.54) is 12.1 Å². The van der Waals surface area contributed by atoms with E-state index in [1.807, 2.05) is 6.07 Å². The fourth-order valence-corrected chi connectivity index (χ4v) is 3.97. The van der Waals surface area contributed by atoms with Crippen molar-refractivity contribution in [3.8, 4) is 6.07 Å². The number of nitrogens with zero attached hydrogens (tertiary/aromatic N) is 4. The Morgan fingerprint density at radius 2 is 1.77 bits per heavy atom. The number of aliphatic imine (C=N–C) groups is 2. The molecule has 0 saturated carbocycles. The molecule has 0 radical (unpaired) electrons. The van der Waals surface area contributed by atoms with Gasteiger partial charge in [0, 0.05) is 37.1 Å². The lowest BCUT2D eigenvalue weighted by Gasteiger charge is -2.35. The second-order valence-electron chi connectivity index (χ2n) is 7.70. The molecule has 4 rings (SSSR count). The molecule has 2 aromatic carbocycles. The molecule has 0 atom stereocenters. The van der Waals surface area contributed by atoms with Crippen LogP contribution in [0.15, 0.2) is 58.5 Å². The van der Waals surface area contributed by atoms with Crippen molar-refractivity contribution in [3.63, 3.8) is 0 Å². The van der Waals surface area contributed by atoms with Gasteiger partial charge < -0.3 is 4.90 Å². The van der Waals surface area contributed by atoms with Crippen LogP contribution in [-0.2, 0) is 6.18 Å². The van der Waals surface area contributed by atoms with Gasteiger partial charge in [-0.2, -0.15) is 18.4 Å². The van der Waals surface area contributed by atoms with E-state index in [2.05, 4.69) is 0 Å². The maximum Gasteiger partial charge on any atom is 0.416 e. The molecule has 1 amide bonds. The molecule has 2 aliphatic heterocycles. The van der Waals surface area contributed by atoms with Crippen LogP contribution < -0.4 is 0 Å². The molecule has 2 aromatic rings. The minimum Gasteiger partial charge on any atom is -0.338 e. The van der Waals surface area contributed by atoms with E-state index >= 15 is 0 Å². The molecule has 1 fully saturated rings. The van der Waals surface area contributed by atoms with Gasteiger partial charge >= 0.3 is 6.18 Å². The molecular weight excluding hydrogens is 405 g/mol. The third kappa shape index (κ3) is 4.08. The third-order valence-corrected chi connectivity index (χ3v) is 5.61. The smallest absolute Gasteiger partial charge is 0.338 e. The predicted molar refractivity (Wildman–Crippen MR) is 110 cm³/mol. The van der Waals surface area contributed by atoms with Crippen LogP contribution in [0, 0.1) is 11.3 Å². The molecular formula is C23H19F3N4O. The zero-order valence-corrected chi connectivity index (χ0v) is 16.8. The Bertz CT molecular complexity index is 1120. The molecule has 31 heavy (non-hydrogen) atoms. The lowest BCUT2D eigenvalue weighted by molar-refractivity contribution is -0.137. The number of rotatable bonds is 2. The Kier molecular flexibility index (Phi) is 5.13. The summed E-state index contributed by atoms with van der Waals surface area (Å²) < 4.78 is 38.5. The number of likely N-dealkylation sites (tertiary alicyclic amines) is 1. The lowest BCUT2D eigenvalue weighted by atomic mass is 9.97. The first-order valence-corrected chi connectivity index (χ1v) is 9.85. The average Bonchev–Trinajstić information content (AvgIpc) is 3.09. The first-order chi connectivity index (χ1) is 14.7. The maximum atomic E-state index is 12.8. The number of alkyl halides is 3. The highest BCUT2D eigenvalue weighted by Crippen LogP contribution is 2.34. The van der Waals surface area contributed by atoms with E-state index in [9.17, 15) is 18.0 Å². The summed E-state index contributed by atoms with van der Waals surface area (Å²) in [6, 6.07) is 13.6. The first kappa shape index (κ1) is 20.8. The third-order valence-electron chi connectivity index (χ3n) is 5.61. The molecule has 1 spiro atoms. The summed E-state index contributed by atoms with van der Waals surface area (Å²) in [5, 5.41) is 9.03. The van der Waals surface area contributed by atoms with Crippen LogP contribution in [0.4, 0.5) is 13.2 Å². The number of carbonyl (C=O) groups excluding carboxylic acids is 1. The molecule has 0 N–H and O–H groups in total. The van der Waals surface area contributed by atoms with Gasteiger partial charge in [-0.25, -0.2) is 0 Å². The van der Waals surface area contributed by atoms with Crippen molar-refractivity contribution >= 4 is 17.3 Å². The van der Waals surface area contributed by atoms with Crippen LogP contribution in [0.3, 0.4) is 0 Å². The summed E-state index contributed by atoms with van der Waals surface area (Å²) in [6.45, 7) is 2.71. The monoisotopic (exact) mass is 424 g/mol. The summed E-state index contributed by atoms with van der Waals surface area (Å²) in [7, 11) is 0. The van der Waals surface area contributed by atoms with Gasteiger partial charge in [-0.1, -0.05) is 18.2 Å². The summed E-state index contributed by atoms with van der Waals surface area (Å²) in [5.41, 5.74) is 1.38. The fourth-order valence-electron chi connectivity index (χ4n) is 3.97. The van der Waals surface area contributed by atoms with Crippen LogP contribution in [0.5, 0.6) is 0 Å². The Labute approximate surface area is 177 Å². The molecule has 0 aromatic heterocycles. The number of hydrogen-bond donors (Lipinski definition) is 0. The number of piperidine rings is 1. The van der Waals surface area contributed by atoms with Crippen LogP contribution >= 0.6 is 0 Å². The summed E-state index contributed by atoms with van der Waals surface area (Å²) in [5.74, 6) is -0.141. The minimum absolute atomic E-state index is 0.141. The number of nitriles is 1. The number of carbonyl (C=O) groups is 1. The highest BCUT2D eigenvalue weighted by molar-refractivity contribution is 6.48. The van der Waals surface area contributed by atoms with Gasteiger partial charge in [0.25, 0.3) is 5.91 Å². The van der Waals surface area contributed by atoms with Gasteiger partial charge in [0.15, 0.2) is 5.66 Å². The highest BCUT2D eigenvalue weighted by atomic mass is 19.4. The topological polar surface area (TPSA) is 68.8 Å². The number of halogens is 3. The SMILES string of the molecule is CC1=NC2(CCN(C(=O)c3cccc(C#N)c3)CC2)N=C1c1ccc(C(F)(F)F)cc1. The van der Waals surface area contributed by atoms with E-state index in [4.69, 9.17) is 15.2 Å². The quantitative estimate of drug-likeness (QED) is 0.714. The molecule has 0 bridgehead atoms. The number of amides is 1. The van der Waals surface area contributed by atoms with Gasteiger partial charge in [0.2, 0.25) is 0 Å². The van der Waals surface area contributed by atoms with Crippen molar-refractivity contribution < 1.29 is 18.0 Å². The van der Waals surface area contributed by atoms with Gasteiger partial charge in [-0.15, -0.1) is 0 Å². The van der Waals surface area contributed by atoms with Crippen molar-refractivity contribution in [1.29, 1.82) is 5.26 Å². The van der Waals surface area contributed by atoms with Crippen LogP contribution in [0.1, 0.15) is 46.8 Å². The van der Waals surface area contributed by atoms with Crippen LogP contribution in [-0.4, -0.2) is 41.0 Å². The molecule has 8 heteroatoms. The Balaban J connectivity index is 1.49. The standard InChI is InChI=1S/C23H19F3N4O/c1-15-20(17-5-7-19(8-6-17)23(24,25)26)29-22(28-15)9-11-30(12-10-22)21(31)18-4-2-3-16(13-18)14-27/h2-8,13H,9-12H2,1H3. The van der Waals surface area contributed by atoms with E-state index in [0.717, 1.165) is 12.1 Å². The lowest BCUT2D eigenvalue weighted by Crippen LogP contribution is -2.44. The maximum absolute atomic E-state index is 12.8. The van der Waals surface area contributed by atoms with Gasteiger partial charge in [-0.05, 0) is 37.3 Å². The average molecular weight is 424 g/mol. The molecule has 0 unspecified atom stereocenters. The number of benzene rings is 2. The summed E-state index contributed by atoms with van der Waals surface area (Å²) in [4.78, 5) is 24.0. The zero-order chi connectivity index (χ0) is 22.2. The summed E-state index contributed by atoms with van der Waals surface area (Å²) >= 11 is 0. The van der Waals surface area contributed by atoms with Crippen molar-refractivity contribution in [3.05, 3.63) is 70.8 Å².